The average Bonchev–Trinajstić information content (AvgIpc) is 3.00. The molecule has 0 bridgehead atoms. The van der Waals surface area contributed by atoms with Gasteiger partial charge in [-0.15, -0.1) is 0 Å². The van der Waals surface area contributed by atoms with E-state index in [0.717, 1.165) is 37.7 Å². The summed E-state index contributed by atoms with van der Waals surface area (Å²) in [6.07, 6.45) is 4.78. The highest BCUT2D eigenvalue weighted by Crippen LogP contribution is 2.31. The summed E-state index contributed by atoms with van der Waals surface area (Å²) in [6, 6.07) is 11.6. The number of imide groups is 1. The number of nitrogens with zero attached hydrogens (tertiary/aromatic N) is 1. The molecule has 3 amide bonds. The van der Waals surface area contributed by atoms with Gasteiger partial charge in [0.25, 0.3) is 17.7 Å². The predicted molar refractivity (Wildman–Crippen MR) is 129 cm³/mol. The molecule has 9 heteroatoms. The summed E-state index contributed by atoms with van der Waals surface area (Å²) >= 11 is 18.1. The van der Waals surface area contributed by atoms with Crippen LogP contribution in [0.2, 0.25) is 10.0 Å². The van der Waals surface area contributed by atoms with Crippen LogP contribution >= 0.6 is 34.8 Å². The Bertz CT molecular complexity index is 1110. The van der Waals surface area contributed by atoms with Crippen LogP contribution in [0.1, 0.15) is 48.0 Å². The van der Waals surface area contributed by atoms with Crippen LogP contribution in [0.25, 0.3) is 0 Å². The molecule has 0 saturated heterocycles. The minimum absolute atomic E-state index is 0.0678. The third-order valence-electron chi connectivity index (χ3n) is 5.80. The average molecular weight is 507 g/mol. The maximum Gasteiger partial charge on any atom is 0.278 e. The van der Waals surface area contributed by atoms with Crippen molar-refractivity contribution in [2.45, 2.75) is 44.7 Å². The maximum atomic E-state index is 12.8. The van der Waals surface area contributed by atoms with E-state index in [1.807, 2.05) is 0 Å². The number of hydrogen-bond donors (Lipinski definition) is 2. The number of hydrogen-bond acceptors (Lipinski definition) is 4. The van der Waals surface area contributed by atoms with E-state index >= 15 is 0 Å². The Kier molecular flexibility index (Phi) is 7.27. The molecule has 2 aliphatic rings. The van der Waals surface area contributed by atoms with Gasteiger partial charge in [0.2, 0.25) is 0 Å². The summed E-state index contributed by atoms with van der Waals surface area (Å²) in [6.45, 7) is 0.287. The zero-order valence-corrected chi connectivity index (χ0v) is 19.9. The predicted octanol–water partition coefficient (Wildman–Crippen LogP) is 5.49. The molecule has 172 valence electrons. The second kappa shape index (κ2) is 10.2. The molecule has 0 unspecified atom stereocenters. The van der Waals surface area contributed by atoms with Crippen LogP contribution in [-0.4, -0.2) is 28.7 Å². The molecule has 1 fully saturated rings. The second-order valence-corrected chi connectivity index (χ2v) is 9.37. The SMILES string of the molecule is O=C(Nc1cc(Cl)cc(Cl)c1)c1ccc(CNC2=C(Cl)C(=O)N(C3CCCCC3)C2=O)cc1. The molecule has 4 rings (SSSR count). The summed E-state index contributed by atoms with van der Waals surface area (Å²) < 4.78 is 0. The first-order valence-corrected chi connectivity index (χ1v) is 11.8. The number of benzene rings is 2. The van der Waals surface area contributed by atoms with E-state index in [0.29, 0.717) is 21.3 Å². The summed E-state index contributed by atoms with van der Waals surface area (Å²) in [5.74, 6) is -1.10. The molecule has 0 atom stereocenters. The Labute approximate surface area is 206 Å². The van der Waals surface area contributed by atoms with Crippen molar-refractivity contribution in [3.8, 4) is 0 Å². The molecule has 2 aromatic carbocycles. The molecule has 1 aliphatic carbocycles. The van der Waals surface area contributed by atoms with Crippen LogP contribution in [0.5, 0.6) is 0 Å². The van der Waals surface area contributed by atoms with Crippen LogP contribution < -0.4 is 10.6 Å². The summed E-state index contributed by atoms with van der Waals surface area (Å²) in [5, 5.41) is 6.54. The molecule has 1 heterocycles. The van der Waals surface area contributed by atoms with E-state index in [4.69, 9.17) is 34.8 Å². The Balaban J connectivity index is 1.37. The van der Waals surface area contributed by atoms with Gasteiger partial charge in [0.15, 0.2) is 0 Å². The van der Waals surface area contributed by atoms with Crippen molar-refractivity contribution in [2.75, 3.05) is 5.32 Å². The zero-order chi connectivity index (χ0) is 23.5. The van der Waals surface area contributed by atoms with Crippen LogP contribution in [-0.2, 0) is 16.1 Å². The van der Waals surface area contributed by atoms with Gasteiger partial charge in [-0.3, -0.25) is 19.3 Å². The molecular formula is C24H22Cl3N3O3. The lowest BCUT2D eigenvalue weighted by Gasteiger charge is -2.29. The highest BCUT2D eigenvalue weighted by Gasteiger charge is 2.41. The van der Waals surface area contributed by atoms with Crippen LogP contribution in [0.3, 0.4) is 0 Å². The Morgan fingerprint density at radius 1 is 0.909 bits per heavy atom. The zero-order valence-electron chi connectivity index (χ0n) is 17.7. The van der Waals surface area contributed by atoms with Crippen molar-refractivity contribution < 1.29 is 14.4 Å². The van der Waals surface area contributed by atoms with Crippen molar-refractivity contribution in [1.82, 2.24) is 10.2 Å². The van der Waals surface area contributed by atoms with E-state index < -0.39 is 5.91 Å². The van der Waals surface area contributed by atoms with Gasteiger partial charge in [-0.1, -0.05) is 66.2 Å². The molecule has 6 nitrogen and oxygen atoms in total. The van der Waals surface area contributed by atoms with Crippen molar-refractivity contribution in [3.63, 3.8) is 0 Å². The lowest BCUT2D eigenvalue weighted by molar-refractivity contribution is -0.140. The van der Waals surface area contributed by atoms with Crippen LogP contribution in [0, 0.1) is 0 Å². The molecule has 0 spiro atoms. The summed E-state index contributed by atoms with van der Waals surface area (Å²) in [7, 11) is 0. The molecule has 33 heavy (non-hydrogen) atoms. The number of carbonyl (C=O) groups excluding carboxylic acids is 3. The molecule has 0 aromatic heterocycles. The minimum atomic E-state index is -0.427. The van der Waals surface area contributed by atoms with E-state index in [1.165, 1.54) is 4.90 Å². The third kappa shape index (κ3) is 5.35. The summed E-state index contributed by atoms with van der Waals surface area (Å²) in [4.78, 5) is 39.2. The molecule has 2 N–H and O–H groups in total. The third-order valence-corrected chi connectivity index (χ3v) is 6.59. The maximum absolute atomic E-state index is 12.8. The fourth-order valence-corrected chi connectivity index (χ4v) is 4.90. The van der Waals surface area contributed by atoms with Gasteiger partial charge < -0.3 is 10.6 Å². The molecule has 1 aliphatic heterocycles. The fourth-order valence-electron chi connectivity index (χ4n) is 4.14. The van der Waals surface area contributed by atoms with E-state index in [1.54, 1.807) is 42.5 Å². The standard InChI is InChI=1S/C24H22Cl3N3O3/c25-16-10-17(26)12-18(11-16)29-22(31)15-8-6-14(7-9-15)13-28-21-20(27)23(32)30(24(21)33)19-4-2-1-3-5-19/h6-12,19,28H,1-5,13H2,(H,29,31). The van der Waals surface area contributed by atoms with Crippen molar-refractivity contribution in [1.29, 1.82) is 0 Å². The van der Waals surface area contributed by atoms with Gasteiger partial charge in [0, 0.05) is 33.9 Å². The van der Waals surface area contributed by atoms with E-state index in [9.17, 15) is 14.4 Å². The lowest BCUT2D eigenvalue weighted by Crippen LogP contribution is -2.43. The van der Waals surface area contributed by atoms with Gasteiger partial charge in [-0.25, -0.2) is 0 Å². The quantitative estimate of drug-likeness (QED) is 0.508. The first-order chi connectivity index (χ1) is 15.8. The smallest absolute Gasteiger partial charge is 0.278 e. The van der Waals surface area contributed by atoms with Gasteiger partial charge in [0.1, 0.15) is 10.7 Å². The van der Waals surface area contributed by atoms with Crippen LogP contribution in [0.15, 0.2) is 53.2 Å². The lowest BCUT2D eigenvalue weighted by atomic mass is 9.94. The van der Waals surface area contributed by atoms with Crippen molar-refractivity contribution in [3.05, 3.63) is 74.4 Å². The minimum Gasteiger partial charge on any atom is -0.375 e. The fraction of sp³-hybridized carbons (Fsp3) is 0.292. The highest BCUT2D eigenvalue weighted by molar-refractivity contribution is 6.47. The Morgan fingerprint density at radius 3 is 2.18 bits per heavy atom. The Hall–Kier alpha value is -2.54. The van der Waals surface area contributed by atoms with Gasteiger partial charge in [-0.05, 0) is 48.7 Å². The van der Waals surface area contributed by atoms with Gasteiger partial charge in [-0.2, -0.15) is 0 Å². The van der Waals surface area contributed by atoms with E-state index in [-0.39, 0.29) is 35.1 Å². The number of halogens is 3. The van der Waals surface area contributed by atoms with E-state index in [2.05, 4.69) is 10.6 Å². The molecule has 0 radical (unpaired) electrons. The second-order valence-electron chi connectivity index (χ2n) is 8.12. The molecule has 1 saturated carbocycles. The largest absolute Gasteiger partial charge is 0.375 e. The normalized spacial score (nSPS) is 17.0. The number of nitrogens with one attached hydrogen (secondary N) is 2. The summed E-state index contributed by atoms with van der Waals surface area (Å²) in [5.41, 5.74) is 1.90. The Morgan fingerprint density at radius 2 is 1.55 bits per heavy atom. The van der Waals surface area contributed by atoms with Crippen molar-refractivity contribution >= 4 is 58.2 Å². The number of anilines is 1. The topological polar surface area (TPSA) is 78.5 Å². The van der Waals surface area contributed by atoms with Crippen molar-refractivity contribution in [2.24, 2.45) is 0 Å². The molecular weight excluding hydrogens is 485 g/mol. The van der Waals surface area contributed by atoms with Crippen LogP contribution in [0.4, 0.5) is 5.69 Å². The molecule has 2 aromatic rings. The first kappa shape index (κ1) is 23.6. The first-order valence-electron chi connectivity index (χ1n) is 10.7. The monoisotopic (exact) mass is 505 g/mol. The van der Waals surface area contributed by atoms with Gasteiger partial charge >= 0.3 is 0 Å². The van der Waals surface area contributed by atoms with Gasteiger partial charge in [0.05, 0.1) is 0 Å². The number of rotatable bonds is 6. The number of carbonyl (C=O) groups is 3. The highest BCUT2D eigenvalue weighted by atomic mass is 35.5. The number of amides is 3.